The Bertz CT molecular complexity index is 1130. The molecule has 4 rings (SSSR count). The second-order valence-electron chi connectivity index (χ2n) is 7.12. The van der Waals surface area contributed by atoms with Crippen molar-refractivity contribution in [3.63, 3.8) is 0 Å². The fourth-order valence-corrected chi connectivity index (χ4v) is 3.40. The number of urea groups is 1. The summed E-state index contributed by atoms with van der Waals surface area (Å²) < 4.78 is 26.7. The number of carbonyl (C=O) groups is 2. The van der Waals surface area contributed by atoms with Crippen LogP contribution in [0.25, 0.3) is 0 Å². The molecule has 0 fully saturated rings. The number of aryl methyl sites for hydroxylation is 1. The molecule has 2 N–H and O–H groups in total. The predicted molar refractivity (Wildman–Crippen MR) is 112 cm³/mol. The summed E-state index contributed by atoms with van der Waals surface area (Å²) in [6.07, 6.45) is 0.722. The maximum Gasteiger partial charge on any atom is 0.323 e. The van der Waals surface area contributed by atoms with Gasteiger partial charge in [-0.25, -0.2) is 13.6 Å². The molecule has 0 unspecified atom stereocenters. The van der Waals surface area contributed by atoms with Crippen LogP contribution in [-0.4, -0.2) is 18.5 Å². The molecule has 30 heavy (non-hydrogen) atoms. The minimum atomic E-state index is -0.867. The van der Waals surface area contributed by atoms with E-state index < -0.39 is 17.7 Å². The summed E-state index contributed by atoms with van der Waals surface area (Å²) in [6.45, 7) is 2.51. The Morgan fingerprint density at radius 2 is 1.70 bits per heavy atom. The first kappa shape index (κ1) is 19.6. The highest BCUT2D eigenvalue weighted by Crippen LogP contribution is 2.32. The molecule has 0 aromatic heterocycles. The van der Waals surface area contributed by atoms with Crippen LogP contribution in [0.4, 0.5) is 30.6 Å². The van der Waals surface area contributed by atoms with Gasteiger partial charge in [-0.3, -0.25) is 4.79 Å². The molecule has 152 valence electrons. The molecular weight excluding hydrogens is 388 g/mol. The van der Waals surface area contributed by atoms with Gasteiger partial charge in [-0.15, -0.1) is 0 Å². The Kier molecular flexibility index (Phi) is 5.18. The quantitative estimate of drug-likeness (QED) is 0.633. The van der Waals surface area contributed by atoms with Gasteiger partial charge in [0, 0.05) is 29.5 Å². The van der Waals surface area contributed by atoms with Gasteiger partial charge in [-0.2, -0.15) is 0 Å². The molecule has 0 aliphatic carbocycles. The topological polar surface area (TPSA) is 61.4 Å². The normalized spacial score (nSPS) is 12.4. The van der Waals surface area contributed by atoms with Crippen molar-refractivity contribution >= 4 is 29.0 Å². The van der Waals surface area contributed by atoms with Crippen molar-refractivity contribution in [3.8, 4) is 0 Å². The predicted octanol–water partition coefficient (Wildman–Crippen LogP) is 5.12. The van der Waals surface area contributed by atoms with E-state index in [0.717, 1.165) is 35.4 Å². The lowest BCUT2D eigenvalue weighted by atomic mass is 10.1. The molecule has 0 saturated heterocycles. The van der Waals surface area contributed by atoms with Crippen LogP contribution in [0.5, 0.6) is 0 Å². The summed E-state index contributed by atoms with van der Waals surface area (Å²) in [6, 6.07) is 14.9. The van der Waals surface area contributed by atoms with Crippen LogP contribution in [0.15, 0.2) is 60.7 Å². The molecule has 3 amide bonds. The summed E-state index contributed by atoms with van der Waals surface area (Å²) in [7, 11) is 0. The van der Waals surface area contributed by atoms with E-state index in [1.807, 2.05) is 25.1 Å². The van der Waals surface area contributed by atoms with Crippen molar-refractivity contribution in [2.24, 2.45) is 0 Å². The smallest absolute Gasteiger partial charge is 0.308 e. The highest BCUT2D eigenvalue weighted by Gasteiger charge is 2.26. The maximum absolute atomic E-state index is 13.7. The first-order valence-corrected chi connectivity index (χ1v) is 9.45. The molecule has 3 aromatic carbocycles. The molecule has 1 heterocycles. The van der Waals surface area contributed by atoms with Crippen molar-refractivity contribution in [1.29, 1.82) is 0 Å². The van der Waals surface area contributed by atoms with Gasteiger partial charge in [0.15, 0.2) is 0 Å². The third kappa shape index (κ3) is 4.00. The Hall–Kier alpha value is -3.74. The van der Waals surface area contributed by atoms with Gasteiger partial charge in [0.05, 0.1) is 5.69 Å². The molecule has 0 spiro atoms. The Balaban J connectivity index is 1.50. The monoisotopic (exact) mass is 407 g/mol. The fraction of sp³-hybridized carbons (Fsp3) is 0.130. The molecule has 0 atom stereocenters. The minimum absolute atomic E-state index is 0.108. The summed E-state index contributed by atoms with van der Waals surface area (Å²) >= 11 is 0. The van der Waals surface area contributed by atoms with Gasteiger partial charge in [0.1, 0.15) is 11.6 Å². The average molecular weight is 407 g/mol. The number of rotatable bonds is 3. The van der Waals surface area contributed by atoms with Gasteiger partial charge >= 0.3 is 6.03 Å². The first-order chi connectivity index (χ1) is 14.4. The van der Waals surface area contributed by atoms with Crippen LogP contribution in [0.2, 0.25) is 0 Å². The van der Waals surface area contributed by atoms with Crippen LogP contribution in [0.3, 0.4) is 0 Å². The van der Waals surface area contributed by atoms with Crippen LogP contribution < -0.4 is 15.5 Å². The van der Waals surface area contributed by atoms with Crippen molar-refractivity contribution in [3.05, 3.63) is 89.0 Å². The standard InChI is InChI=1S/C23H19F2N3O2/c1-14-2-4-16(5-3-14)22(29)28-11-10-15-6-8-18(13-21(15)28)26-23(30)27-20-9-7-17(24)12-19(20)25/h2-9,12-13H,10-11H2,1H3,(H2,26,27,30). The number of hydrogen-bond donors (Lipinski definition) is 2. The molecule has 7 heteroatoms. The first-order valence-electron chi connectivity index (χ1n) is 9.45. The molecule has 0 saturated carbocycles. The van der Waals surface area contributed by atoms with Crippen LogP contribution in [0.1, 0.15) is 21.5 Å². The average Bonchev–Trinajstić information content (AvgIpc) is 3.13. The van der Waals surface area contributed by atoms with Crippen LogP contribution in [-0.2, 0) is 6.42 Å². The van der Waals surface area contributed by atoms with Crippen LogP contribution >= 0.6 is 0 Å². The lowest BCUT2D eigenvalue weighted by Gasteiger charge is -2.18. The number of benzene rings is 3. The third-order valence-electron chi connectivity index (χ3n) is 4.96. The molecule has 5 nitrogen and oxygen atoms in total. The lowest BCUT2D eigenvalue weighted by molar-refractivity contribution is 0.0989. The second-order valence-corrected chi connectivity index (χ2v) is 7.12. The van der Waals surface area contributed by atoms with Crippen LogP contribution in [0, 0.1) is 18.6 Å². The number of carbonyl (C=O) groups excluding carboxylic acids is 2. The molecule has 1 aliphatic heterocycles. The zero-order valence-electron chi connectivity index (χ0n) is 16.2. The van der Waals surface area contributed by atoms with Crippen molar-refractivity contribution in [1.82, 2.24) is 0 Å². The lowest BCUT2D eigenvalue weighted by Crippen LogP contribution is -2.29. The van der Waals surface area contributed by atoms with Gasteiger partial charge in [-0.1, -0.05) is 23.8 Å². The molecule has 3 aromatic rings. The number of nitrogens with zero attached hydrogens (tertiary/aromatic N) is 1. The van der Waals surface area contributed by atoms with Crippen molar-refractivity contribution in [2.45, 2.75) is 13.3 Å². The second kappa shape index (κ2) is 7.94. The highest BCUT2D eigenvalue weighted by atomic mass is 19.1. The zero-order valence-corrected chi connectivity index (χ0v) is 16.2. The number of halogens is 2. The summed E-state index contributed by atoms with van der Waals surface area (Å²) in [4.78, 5) is 26.8. The fourth-order valence-electron chi connectivity index (χ4n) is 3.40. The van der Waals surface area contributed by atoms with E-state index in [1.165, 1.54) is 0 Å². The number of fused-ring (bicyclic) bond motifs is 1. The van der Waals surface area contributed by atoms with Gasteiger partial charge < -0.3 is 15.5 Å². The minimum Gasteiger partial charge on any atom is -0.308 e. The number of amides is 3. The number of hydrogen-bond acceptors (Lipinski definition) is 2. The molecule has 0 radical (unpaired) electrons. The Morgan fingerprint density at radius 3 is 2.43 bits per heavy atom. The summed E-state index contributed by atoms with van der Waals surface area (Å²) in [5, 5.41) is 4.97. The Morgan fingerprint density at radius 1 is 0.933 bits per heavy atom. The molecule has 0 bridgehead atoms. The van der Waals surface area contributed by atoms with E-state index in [-0.39, 0.29) is 11.6 Å². The van der Waals surface area contributed by atoms with Crippen molar-refractivity contribution in [2.75, 3.05) is 22.1 Å². The van der Waals surface area contributed by atoms with E-state index in [1.54, 1.807) is 29.2 Å². The number of nitrogens with one attached hydrogen (secondary N) is 2. The summed E-state index contributed by atoms with van der Waals surface area (Å²) in [5.74, 6) is -1.70. The van der Waals surface area contributed by atoms with Gasteiger partial charge in [0.2, 0.25) is 0 Å². The molecular formula is C23H19F2N3O2. The van der Waals surface area contributed by atoms with E-state index in [0.29, 0.717) is 23.9 Å². The van der Waals surface area contributed by atoms with Gasteiger partial charge in [0.25, 0.3) is 5.91 Å². The van der Waals surface area contributed by atoms with E-state index >= 15 is 0 Å². The van der Waals surface area contributed by atoms with E-state index in [9.17, 15) is 18.4 Å². The zero-order chi connectivity index (χ0) is 21.3. The highest BCUT2D eigenvalue weighted by molar-refractivity contribution is 6.08. The Labute approximate surface area is 172 Å². The maximum atomic E-state index is 13.7. The SMILES string of the molecule is Cc1ccc(C(=O)N2CCc3ccc(NC(=O)Nc4ccc(F)cc4F)cc32)cc1. The third-order valence-corrected chi connectivity index (χ3v) is 4.96. The van der Waals surface area contributed by atoms with E-state index in [4.69, 9.17) is 0 Å². The van der Waals surface area contributed by atoms with E-state index in [2.05, 4.69) is 10.6 Å². The molecule has 1 aliphatic rings. The number of anilines is 3. The van der Waals surface area contributed by atoms with Gasteiger partial charge in [-0.05, 0) is 55.3 Å². The summed E-state index contributed by atoms with van der Waals surface area (Å²) in [5.41, 5.74) is 3.72. The largest absolute Gasteiger partial charge is 0.323 e. The van der Waals surface area contributed by atoms with Crippen molar-refractivity contribution < 1.29 is 18.4 Å².